The first-order chi connectivity index (χ1) is 10.6. The summed E-state index contributed by atoms with van der Waals surface area (Å²) < 4.78 is 0. The Labute approximate surface area is 128 Å². The number of benzene rings is 2. The highest BCUT2D eigenvalue weighted by Crippen LogP contribution is 2.24. The summed E-state index contributed by atoms with van der Waals surface area (Å²) in [5, 5.41) is 21.0. The van der Waals surface area contributed by atoms with Crippen molar-refractivity contribution in [1.29, 1.82) is 0 Å². The molecule has 3 rings (SSSR count). The number of aromatic nitrogens is 1. The lowest BCUT2D eigenvalue weighted by molar-refractivity contribution is 0.397. The monoisotopic (exact) mass is 292 g/mol. The largest absolute Gasteiger partial charge is 0.512 e. The summed E-state index contributed by atoms with van der Waals surface area (Å²) in [4.78, 5) is 4.40. The van der Waals surface area contributed by atoms with E-state index in [-0.39, 0.29) is 17.9 Å². The predicted octanol–water partition coefficient (Wildman–Crippen LogP) is 3.66. The van der Waals surface area contributed by atoms with Gasteiger partial charge in [0.15, 0.2) is 0 Å². The number of aliphatic hydroxyl groups excluding tert-OH is 1. The van der Waals surface area contributed by atoms with Crippen LogP contribution in [-0.2, 0) is 6.42 Å². The molecule has 2 aromatic carbocycles. The number of hydrogen-bond donors (Lipinski definition) is 3. The molecule has 0 spiro atoms. The van der Waals surface area contributed by atoms with Gasteiger partial charge >= 0.3 is 0 Å². The molecule has 0 amide bonds. The summed E-state index contributed by atoms with van der Waals surface area (Å²) in [6, 6.07) is 16.4. The average molecular weight is 292 g/mol. The molecule has 3 aromatic rings. The second kappa shape index (κ2) is 5.77. The Balaban J connectivity index is 1.92. The number of rotatable bonds is 3. The number of para-hydroxylation sites is 2. The minimum Gasteiger partial charge on any atom is -0.512 e. The molecule has 0 aliphatic carbocycles. The standard InChI is InChI=1S/C18H16N2O2/c19-15-7-3-1-5-12(15)9-14(21)11-17-18(22)10-13-6-2-4-8-16(13)20-17/h1-10,21-22H,11,19H2/b14-9+. The molecule has 0 saturated heterocycles. The maximum atomic E-state index is 10.1. The van der Waals surface area contributed by atoms with Crippen LogP contribution in [0.3, 0.4) is 0 Å². The Morgan fingerprint density at radius 1 is 1.09 bits per heavy atom. The Hall–Kier alpha value is -3.01. The molecule has 1 heterocycles. The van der Waals surface area contributed by atoms with Crippen LogP contribution < -0.4 is 5.73 Å². The molecule has 22 heavy (non-hydrogen) atoms. The van der Waals surface area contributed by atoms with Crippen LogP contribution in [0.25, 0.3) is 17.0 Å². The predicted molar refractivity (Wildman–Crippen MR) is 88.6 cm³/mol. The molecule has 0 atom stereocenters. The van der Waals surface area contributed by atoms with Crippen LogP contribution >= 0.6 is 0 Å². The maximum absolute atomic E-state index is 10.1. The zero-order chi connectivity index (χ0) is 15.5. The summed E-state index contributed by atoms with van der Waals surface area (Å²) in [5.41, 5.74) is 8.38. The quantitative estimate of drug-likeness (QED) is 0.508. The summed E-state index contributed by atoms with van der Waals surface area (Å²) in [7, 11) is 0. The normalized spacial score (nSPS) is 11.7. The topological polar surface area (TPSA) is 79.4 Å². The van der Waals surface area contributed by atoms with Gasteiger partial charge < -0.3 is 15.9 Å². The van der Waals surface area contributed by atoms with E-state index in [9.17, 15) is 10.2 Å². The smallest absolute Gasteiger partial charge is 0.138 e. The van der Waals surface area contributed by atoms with Gasteiger partial charge in [0.05, 0.1) is 23.4 Å². The van der Waals surface area contributed by atoms with Gasteiger partial charge in [-0.15, -0.1) is 0 Å². The third kappa shape index (κ3) is 2.86. The van der Waals surface area contributed by atoms with Crippen LogP contribution in [0.15, 0.2) is 60.4 Å². The number of hydrogen-bond acceptors (Lipinski definition) is 4. The lowest BCUT2D eigenvalue weighted by atomic mass is 10.1. The van der Waals surface area contributed by atoms with E-state index in [0.29, 0.717) is 11.4 Å². The maximum Gasteiger partial charge on any atom is 0.138 e. The van der Waals surface area contributed by atoms with Crippen molar-refractivity contribution >= 4 is 22.7 Å². The molecule has 4 nitrogen and oxygen atoms in total. The van der Waals surface area contributed by atoms with E-state index in [1.807, 2.05) is 42.5 Å². The number of nitrogen functional groups attached to an aromatic ring is 1. The first-order valence-electron chi connectivity index (χ1n) is 6.95. The zero-order valence-electron chi connectivity index (χ0n) is 11.9. The van der Waals surface area contributed by atoms with Gasteiger partial charge in [-0.3, -0.25) is 0 Å². The first-order valence-corrected chi connectivity index (χ1v) is 6.95. The van der Waals surface area contributed by atoms with Crippen molar-refractivity contribution in [3.8, 4) is 5.75 Å². The highest BCUT2D eigenvalue weighted by atomic mass is 16.3. The number of anilines is 1. The van der Waals surface area contributed by atoms with Crippen LogP contribution in [-0.4, -0.2) is 15.2 Å². The molecule has 1 aromatic heterocycles. The number of fused-ring (bicyclic) bond motifs is 1. The summed E-state index contributed by atoms with van der Waals surface area (Å²) in [6.07, 6.45) is 1.73. The first kappa shape index (κ1) is 13.9. The van der Waals surface area contributed by atoms with Gasteiger partial charge in [-0.05, 0) is 24.3 Å². The number of nitrogens with two attached hydrogens (primary N) is 1. The molecule has 4 heteroatoms. The third-order valence-corrected chi connectivity index (χ3v) is 3.45. The minimum absolute atomic E-state index is 0.0692. The molecule has 0 fully saturated rings. The Bertz CT molecular complexity index is 857. The second-order valence-electron chi connectivity index (χ2n) is 5.09. The van der Waals surface area contributed by atoms with Crippen LogP contribution in [0.1, 0.15) is 11.3 Å². The Morgan fingerprint density at radius 3 is 2.64 bits per heavy atom. The average Bonchev–Trinajstić information content (AvgIpc) is 2.50. The van der Waals surface area contributed by atoms with Gasteiger partial charge in [0.25, 0.3) is 0 Å². The van der Waals surface area contributed by atoms with Gasteiger partial charge in [0.2, 0.25) is 0 Å². The van der Waals surface area contributed by atoms with E-state index in [2.05, 4.69) is 4.98 Å². The third-order valence-electron chi connectivity index (χ3n) is 3.45. The SMILES string of the molecule is Nc1ccccc1/C=C(/O)Cc1nc2ccccc2cc1O. The summed E-state index contributed by atoms with van der Waals surface area (Å²) in [5.74, 6) is 0.163. The summed E-state index contributed by atoms with van der Waals surface area (Å²) in [6.45, 7) is 0. The van der Waals surface area contributed by atoms with Crippen LogP contribution in [0.2, 0.25) is 0 Å². The molecule has 4 N–H and O–H groups in total. The van der Waals surface area contributed by atoms with Crippen molar-refractivity contribution in [1.82, 2.24) is 4.98 Å². The molecule has 0 bridgehead atoms. The minimum atomic E-state index is 0.0692. The van der Waals surface area contributed by atoms with Gasteiger partial charge in [-0.2, -0.15) is 0 Å². The molecule has 0 unspecified atom stereocenters. The van der Waals surface area contributed by atoms with Gasteiger partial charge in [0.1, 0.15) is 5.75 Å². The number of aromatic hydroxyl groups is 1. The van der Waals surface area contributed by atoms with Gasteiger partial charge in [-0.25, -0.2) is 4.98 Å². The van der Waals surface area contributed by atoms with Crippen molar-refractivity contribution in [3.63, 3.8) is 0 Å². The fraction of sp³-hybridized carbons (Fsp3) is 0.0556. The molecule has 0 aliphatic rings. The van der Waals surface area contributed by atoms with E-state index < -0.39 is 0 Å². The van der Waals surface area contributed by atoms with E-state index in [4.69, 9.17) is 5.73 Å². The zero-order valence-corrected chi connectivity index (χ0v) is 11.9. The highest BCUT2D eigenvalue weighted by Gasteiger charge is 2.08. The van der Waals surface area contributed by atoms with E-state index >= 15 is 0 Å². The van der Waals surface area contributed by atoms with Crippen molar-refractivity contribution in [2.45, 2.75) is 6.42 Å². The van der Waals surface area contributed by atoms with Crippen LogP contribution in [0.5, 0.6) is 5.75 Å². The summed E-state index contributed by atoms with van der Waals surface area (Å²) >= 11 is 0. The molecule has 0 saturated carbocycles. The lowest BCUT2D eigenvalue weighted by Gasteiger charge is -2.06. The lowest BCUT2D eigenvalue weighted by Crippen LogP contribution is -1.96. The molecular formula is C18H16N2O2. The number of nitrogens with zero attached hydrogens (tertiary/aromatic N) is 1. The highest BCUT2D eigenvalue weighted by molar-refractivity contribution is 5.80. The number of pyridine rings is 1. The van der Waals surface area contributed by atoms with Crippen molar-refractivity contribution in [3.05, 3.63) is 71.6 Å². The van der Waals surface area contributed by atoms with Crippen LogP contribution in [0, 0.1) is 0 Å². The van der Waals surface area contributed by atoms with Gasteiger partial charge in [-0.1, -0.05) is 36.4 Å². The van der Waals surface area contributed by atoms with Crippen molar-refractivity contribution in [2.75, 3.05) is 5.73 Å². The Kier molecular flexibility index (Phi) is 3.66. The van der Waals surface area contributed by atoms with Crippen LogP contribution in [0.4, 0.5) is 5.69 Å². The number of allylic oxidation sites excluding steroid dienone is 1. The fourth-order valence-electron chi connectivity index (χ4n) is 2.32. The van der Waals surface area contributed by atoms with E-state index in [1.165, 1.54) is 0 Å². The van der Waals surface area contributed by atoms with E-state index in [0.717, 1.165) is 16.5 Å². The molecule has 110 valence electrons. The van der Waals surface area contributed by atoms with Crippen molar-refractivity contribution < 1.29 is 10.2 Å². The molecule has 0 radical (unpaired) electrons. The molecule has 0 aliphatic heterocycles. The molecular weight excluding hydrogens is 276 g/mol. The second-order valence-corrected chi connectivity index (χ2v) is 5.09. The van der Waals surface area contributed by atoms with E-state index in [1.54, 1.807) is 18.2 Å². The number of aliphatic hydroxyl groups is 1. The fourth-order valence-corrected chi connectivity index (χ4v) is 2.32. The van der Waals surface area contributed by atoms with Crippen molar-refractivity contribution in [2.24, 2.45) is 0 Å². The Morgan fingerprint density at radius 2 is 1.82 bits per heavy atom. The van der Waals surface area contributed by atoms with Gasteiger partial charge in [0, 0.05) is 16.6 Å².